The molecule has 0 radical (unpaired) electrons. The summed E-state index contributed by atoms with van der Waals surface area (Å²) in [6.07, 6.45) is 2.80. The molecule has 2 heterocycles. The zero-order chi connectivity index (χ0) is 9.54. The third-order valence-electron chi connectivity index (χ3n) is 2.72. The molecule has 0 atom stereocenters. The fourth-order valence-corrected chi connectivity index (χ4v) is 2.07. The van der Waals surface area contributed by atoms with Crippen molar-refractivity contribution >= 4 is 16.5 Å². The van der Waals surface area contributed by atoms with E-state index in [1.807, 2.05) is 24.4 Å². The molecule has 1 aliphatic heterocycles. The van der Waals surface area contributed by atoms with Gasteiger partial charge in [-0.25, -0.2) is 0 Å². The van der Waals surface area contributed by atoms with Crippen molar-refractivity contribution in [2.45, 2.75) is 6.42 Å². The van der Waals surface area contributed by atoms with Gasteiger partial charge in [-0.05, 0) is 24.1 Å². The highest BCUT2D eigenvalue weighted by Crippen LogP contribution is 2.27. The molecule has 1 aromatic carbocycles. The second kappa shape index (κ2) is 2.61. The molecule has 3 heteroatoms. The van der Waals surface area contributed by atoms with Crippen LogP contribution in [0.1, 0.15) is 5.56 Å². The summed E-state index contributed by atoms with van der Waals surface area (Å²) < 4.78 is 0. The van der Waals surface area contributed by atoms with E-state index in [1.54, 1.807) is 0 Å². The highest BCUT2D eigenvalue weighted by atomic mass is 16.1. The summed E-state index contributed by atoms with van der Waals surface area (Å²) in [6.45, 7) is 0.943. The number of aromatic nitrogens is 1. The fraction of sp³-hybridized carbons (Fsp3) is 0.182. The molecule has 2 N–H and O–H groups in total. The van der Waals surface area contributed by atoms with E-state index in [0.717, 1.165) is 29.4 Å². The molecular weight excluding hydrogens is 176 g/mol. The molecular formula is C11H10N2O. The maximum Gasteiger partial charge on any atom is 0.255 e. The monoisotopic (exact) mass is 186 g/mol. The summed E-state index contributed by atoms with van der Waals surface area (Å²) in [5.41, 5.74) is 2.30. The minimum atomic E-state index is -0.00528. The summed E-state index contributed by atoms with van der Waals surface area (Å²) in [5.74, 6) is 0. The molecule has 0 spiro atoms. The molecule has 3 nitrogen and oxygen atoms in total. The number of rotatable bonds is 0. The van der Waals surface area contributed by atoms with Gasteiger partial charge in [-0.2, -0.15) is 0 Å². The molecule has 0 bridgehead atoms. The second-order valence-corrected chi connectivity index (χ2v) is 3.55. The standard InChI is InChI=1S/C11H10N2O/c14-11-8-2-1-3-9-10(8)7(6-13-11)4-5-12-9/h1-3,6,12H,4-5H2,(H,13,14). The molecule has 3 rings (SSSR count). The molecule has 0 saturated heterocycles. The number of hydrogen-bond acceptors (Lipinski definition) is 2. The lowest BCUT2D eigenvalue weighted by Gasteiger charge is -2.17. The smallest absolute Gasteiger partial charge is 0.255 e. The predicted octanol–water partition coefficient (Wildman–Crippen LogP) is 1.50. The zero-order valence-corrected chi connectivity index (χ0v) is 7.63. The van der Waals surface area contributed by atoms with Crippen molar-refractivity contribution in [1.82, 2.24) is 4.98 Å². The largest absolute Gasteiger partial charge is 0.384 e. The van der Waals surface area contributed by atoms with Crippen molar-refractivity contribution in [2.24, 2.45) is 0 Å². The van der Waals surface area contributed by atoms with Crippen LogP contribution in [0.4, 0.5) is 5.69 Å². The topological polar surface area (TPSA) is 44.9 Å². The van der Waals surface area contributed by atoms with Crippen LogP contribution in [0.15, 0.2) is 29.2 Å². The Morgan fingerprint density at radius 3 is 3.14 bits per heavy atom. The van der Waals surface area contributed by atoms with E-state index < -0.39 is 0 Å². The van der Waals surface area contributed by atoms with Crippen LogP contribution in [-0.2, 0) is 6.42 Å². The van der Waals surface area contributed by atoms with Crippen LogP contribution >= 0.6 is 0 Å². The van der Waals surface area contributed by atoms with Gasteiger partial charge in [0, 0.05) is 29.2 Å². The van der Waals surface area contributed by atoms with Crippen LogP contribution in [0.5, 0.6) is 0 Å². The first kappa shape index (κ1) is 7.62. The minimum Gasteiger partial charge on any atom is -0.384 e. The Hall–Kier alpha value is -1.77. The van der Waals surface area contributed by atoms with Gasteiger partial charge in [0.15, 0.2) is 0 Å². The van der Waals surface area contributed by atoms with Gasteiger partial charge in [0.2, 0.25) is 0 Å². The first-order chi connectivity index (χ1) is 6.86. The van der Waals surface area contributed by atoms with Gasteiger partial charge in [0.1, 0.15) is 0 Å². The molecule has 1 aromatic heterocycles. The Bertz CT molecular complexity index is 546. The van der Waals surface area contributed by atoms with Gasteiger partial charge in [0.25, 0.3) is 5.56 Å². The quantitative estimate of drug-likeness (QED) is 0.654. The van der Waals surface area contributed by atoms with Gasteiger partial charge in [-0.15, -0.1) is 0 Å². The van der Waals surface area contributed by atoms with Crippen LogP contribution < -0.4 is 10.9 Å². The SMILES string of the molecule is O=c1[nH]cc2c3c(cccc13)NCC2. The highest BCUT2D eigenvalue weighted by Gasteiger charge is 2.12. The van der Waals surface area contributed by atoms with Crippen molar-refractivity contribution in [1.29, 1.82) is 0 Å². The van der Waals surface area contributed by atoms with E-state index >= 15 is 0 Å². The van der Waals surface area contributed by atoms with E-state index in [1.165, 1.54) is 5.56 Å². The molecule has 0 fully saturated rings. The van der Waals surface area contributed by atoms with E-state index in [9.17, 15) is 4.79 Å². The Kier molecular flexibility index (Phi) is 1.42. The van der Waals surface area contributed by atoms with Gasteiger partial charge >= 0.3 is 0 Å². The Morgan fingerprint density at radius 1 is 1.29 bits per heavy atom. The Morgan fingerprint density at radius 2 is 2.21 bits per heavy atom. The number of H-pyrrole nitrogens is 1. The number of anilines is 1. The minimum absolute atomic E-state index is 0.00528. The van der Waals surface area contributed by atoms with Gasteiger partial charge in [0.05, 0.1) is 0 Å². The van der Waals surface area contributed by atoms with Gasteiger partial charge in [-0.3, -0.25) is 4.79 Å². The number of nitrogens with one attached hydrogen (secondary N) is 2. The van der Waals surface area contributed by atoms with Crippen molar-refractivity contribution < 1.29 is 0 Å². The van der Waals surface area contributed by atoms with E-state index in [0.29, 0.717) is 0 Å². The zero-order valence-electron chi connectivity index (χ0n) is 7.63. The molecule has 70 valence electrons. The van der Waals surface area contributed by atoms with Crippen LogP contribution in [-0.4, -0.2) is 11.5 Å². The third kappa shape index (κ3) is 0.894. The summed E-state index contributed by atoms with van der Waals surface area (Å²) in [5, 5.41) is 5.17. The second-order valence-electron chi connectivity index (χ2n) is 3.55. The molecule has 1 aliphatic rings. The van der Waals surface area contributed by atoms with Crippen molar-refractivity contribution in [3.8, 4) is 0 Å². The number of aromatic amines is 1. The predicted molar refractivity (Wildman–Crippen MR) is 56.8 cm³/mol. The van der Waals surface area contributed by atoms with E-state index in [2.05, 4.69) is 10.3 Å². The lowest BCUT2D eigenvalue weighted by Crippen LogP contribution is -2.16. The van der Waals surface area contributed by atoms with Crippen LogP contribution in [0.25, 0.3) is 10.8 Å². The molecule has 0 unspecified atom stereocenters. The Balaban J connectivity index is 2.57. The maximum atomic E-state index is 11.5. The van der Waals surface area contributed by atoms with Crippen LogP contribution in [0, 0.1) is 0 Å². The molecule has 2 aromatic rings. The van der Waals surface area contributed by atoms with Gasteiger partial charge < -0.3 is 10.3 Å². The summed E-state index contributed by atoms with van der Waals surface area (Å²) in [7, 11) is 0. The molecule has 0 aliphatic carbocycles. The third-order valence-corrected chi connectivity index (χ3v) is 2.72. The van der Waals surface area contributed by atoms with Crippen molar-refractivity contribution in [3.63, 3.8) is 0 Å². The first-order valence-corrected chi connectivity index (χ1v) is 4.73. The van der Waals surface area contributed by atoms with E-state index in [4.69, 9.17) is 0 Å². The lowest BCUT2D eigenvalue weighted by molar-refractivity contribution is 0.995. The first-order valence-electron chi connectivity index (χ1n) is 4.73. The molecule has 0 saturated carbocycles. The normalized spacial score (nSPS) is 14.0. The van der Waals surface area contributed by atoms with Crippen molar-refractivity contribution in [3.05, 3.63) is 40.3 Å². The lowest BCUT2D eigenvalue weighted by atomic mass is 10.0. The van der Waals surface area contributed by atoms with Crippen LogP contribution in [0.2, 0.25) is 0 Å². The fourth-order valence-electron chi connectivity index (χ4n) is 2.07. The van der Waals surface area contributed by atoms with Crippen molar-refractivity contribution in [2.75, 3.05) is 11.9 Å². The summed E-state index contributed by atoms with van der Waals surface area (Å²) in [4.78, 5) is 14.3. The number of pyridine rings is 1. The van der Waals surface area contributed by atoms with Gasteiger partial charge in [-0.1, -0.05) is 6.07 Å². The maximum absolute atomic E-state index is 11.5. The average Bonchev–Trinajstić information content (AvgIpc) is 2.24. The van der Waals surface area contributed by atoms with E-state index in [-0.39, 0.29) is 5.56 Å². The number of hydrogen-bond donors (Lipinski definition) is 2. The summed E-state index contributed by atoms with van der Waals surface area (Å²) >= 11 is 0. The highest BCUT2D eigenvalue weighted by molar-refractivity contribution is 5.96. The van der Waals surface area contributed by atoms with Crippen LogP contribution in [0.3, 0.4) is 0 Å². The Labute approximate surface area is 80.8 Å². The average molecular weight is 186 g/mol. The molecule has 14 heavy (non-hydrogen) atoms. The number of benzene rings is 1. The summed E-state index contributed by atoms with van der Waals surface area (Å²) in [6, 6.07) is 5.80. The molecule has 0 amide bonds.